The average molecular weight is 354 g/mol. The molecule has 0 saturated carbocycles. The first-order valence-electron chi connectivity index (χ1n) is 7.21. The maximum Gasteiger partial charge on any atom is 0.244 e. The summed E-state index contributed by atoms with van der Waals surface area (Å²) in [6, 6.07) is 3.42. The van der Waals surface area contributed by atoms with Crippen LogP contribution < -0.4 is 5.32 Å². The average Bonchev–Trinajstić information content (AvgIpc) is 3.15. The molecule has 124 valence electrons. The van der Waals surface area contributed by atoms with Crippen LogP contribution in [0.4, 0.5) is 0 Å². The van der Waals surface area contributed by atoms with Crippen LogP contribution in [0.3, 0.4) is 0 Å². The fourth-order valence-electron chi connectivity index (χ4n) is 2.60. The summed E-state index contributed by atoms with van der Waals surface area (Å²) < 4.78 is 26.7. The van der Waals surface area contributed by atoms with Gasteiger partial charge in [0.1, 0.15) is 6.04 Å². The number of nitrogens with zero attached hydrogens (tertiary/aromatic N) is 3. The Morgan fingerprint density at radius 1 is 1.52 bits per heavy atom. The van der Waals surface area contributed by atoms with Gasteiger partial charge in [-0.25, -0.2) is 13.4 Å². The van der Waals surface area contributed by atoms with E-state index in [2.05, 4.69) is 10.3 Å². The van der Waals surface area contributed by atoms with Crippen LogP contribution in [0.25, 0.3) is 0 Å². The van der Waals surface area contributed by atoms with E-state index in [1.165, 1.54) is 9.18 Å². The molecule has 23 heavy (non-hydrogen) atoms. The van der Waals surface area contributed by atoms with Crippen molar-refractivity contribution < 1.29 is 13.2 Å². The Morgan fingerprint density at radius 2 is 2.35 bits per heavy atom. The van der Waals surface area contributed by atoms with Gasteiger partial charge in [-0.15, -0.1) is 11.3 Å². The lowest BCUT2D eigenvalue weighted by atomic mass is 10.2. The van der Waals surface area contributed by atoms with Crippen LogP contribution in [0, 0.1) is 0 Å². The van der Waals surface area contributed by atoms with E-state index in [1.807, 2.05) is 17.5 Å². The summed E-state index contributed by atoms with van der Waals surface area (Å²) in [5.74, 6) is -0.186. The number of imidazole rings is 1. The summed E-state index contributed by atoms with van der Waals surface area (Å²) in [5.41, 5.74) is 0.722. The molecule has 1 atom stereocenters. The topological polar surface area (TPSA) is 84.3 Å². The van der Waals surface area contributed by atoms with Gasteiger partial charge in [0, 0.05) is 24.2 Å². The van der Waals surface area contributed by atoms with Crippen LogP contribution in [0.1, 0.15) is 16.6 Å². The van der Waals surface area contributed by atoms with Gasteiger partial charge in [-0.2, -0.15) is 4.31 Å². The standard InChI is InChI=1S/C14H18N4O3S2/c1-23(20,21)17-8-11-7-15-10-18(11)13(9-17)14(19)16-5-4-12-3-2-6-22-12/h2-3,6-7,10,13H,4-5,8-9H2,1H3,(H,16,19)/t13-/m1/s1. The SMILES string of the molecule is CS(=O)(=O)N1Cc2cncn2[C@@H](C(=O)NCCc2cccs2)C1. The molecule has 0 unspecified atom stereocenters. The van der Waals surface area contributed by atoms with Crippen LogP contribution >= 0.6 is 11.3 Å². The Kier molecular flexibility index (Phi) is 4.51. The second-order valence-corrected chi connectivity index (χ2v) is 8.50. The number of fused-ring (bicyclic) bond motifs is 1. The van der Waals surface area contributed by atoms with Gasteiger partial charge in [-0.3, -0.25) is 4.79 Å². The highest BCUT2D eigenvalue weighted by Gasteiger charge is 2.33. The van der Waals surface area contributed by atoms with Crippen molar-refractivity contribution in [1.82, 2.24) is 19.2 Å². The Labute approximate surface area is 139 Å². The fraction of sp³-hybridized carbons (Fsp3) is 0.429. The predicted octanol–water partition coefficient (Wildman–Crippen LogP) is 0.620. The molecule has 1 aliphatic heterocycles. The first-order valence-corrected chi connectivity index (χ1v) is 9.94. The molecule has 2 aromatic heterocycles. The van der Waals surface area contributed by atoms with Gasteiger partial charge in [-0.1, -0.05) is 6.07 Å². The van der Waals surface area contributed by atoms with E-state index in [0.29, 0.717) is 6.54 Å². The molecule has 0 fully saturated rings. The van der Waals surface area contributed by atoms with E-state index in [4.69, 9.17) is 0 Å². The van der Waals surface area contributed by atoms with Crippen molar-refractivity contribution in [3.8, 4) is 0 Å². The number of nitrogens with one attached hydrogen (secondary N) is 1. The van der Waals surface area contributed by atoms with Crippen molar-refractivity contribution in [3.05, 3.63) is 40.6 Å². The van der Waals surface area contributed by atoms with E-state index in [1.54, 1.807) is 28.4 Å². The highest BCUT2D eigenvalue weighted by molar-refractivity contribution is 7.88. The van der Waals surface area contributed by atoms with Gasteiger partial charge in [-0.05, 0) is 17.9 Å². The normalized spacial score (nSPS) is 18.6. The lowest BCUT2D eigenvalue weighted by Gasteiger charge is -2.32. The van der Waals surface area contributed by atoms with Gasteiger partial charge in [0.15, 0.2) is 0 Å². The van der Waals surface area contributed by atoms with Crippen molar-refractivity contribution in [2.24, 2.45) is 0 Å². The Bertz CT molecular complexity index is 783. The van der Waals surface area contributed by atoms with E-state index < -0.39 is 16.1 Å². The highest BCUT2D eigenvalue weighted by Crippen LogP contribution is 2.23. The number of carbonyl (C=O) groups excluding carboxylic acids is 1. The molecule has 3 rings (SSSR count). The lowest BCUT2D eigenvalue weighted by Crippen LogP contribution is -2.46. The van der Waals surface area contributed by atoms with Crippen molar-refractivity contribution in [1.29, 1.82) is 0 Å². The Balaban J connectivity index is 1.69. The molecule has 2 aromatic rings. The smallest absolute Gasteiger partial charge is 0.244 e. The summed E-state index contributed by atoms with van der Waals surface area (Å²) in [5, 5.41) is 4.89. The maximum absolute atomic E-state index is 12.5. The van der Waals surface area contributed by atoms with E-state index in [0.717, 1.165) is 18.4 Å². The van der Waals surface area contributed by atoms with Crippen molar-refractivity contribution in [2.75, 3.05) is 19.3 Å². The molecule has 0 saturated heterocycles. The number of aromatic nitrogens is 2. The van der Waals surface area contributed by atoms with Crippen LogP contribution in [0.2, 0.25) is 0 Å². The summed E-state index contributed by atoms with van der Waals surface area (Å²) in [4.78, 5) is 17.7. The minimum atomic E-state index is -3.35. The molecule has 0 radical (unpaired) electrons. The van der Waals surface area contributed by atoms with Gasteiger partial charge in [0.2, 0.25) is 15.9 Å². The molecular formula is C14H18N4O3S2. The largest absolute Gasteiger partial charge is 0.354 e. The van der Waals surface area contributed by atoms with Gasteiger partial charge in [0.25, 0.3) is 0 Å². The minimum Gasteiger partial charge on any atom is -0.354 e. The number of rotatable bonds is 5. The van der Waals surface area contributed by atoms with Gasteiger partial charge in [0.05, 0.1) is 24.8 Å². The number of sulfonamides is 1. The second kappa shape index (κ2) is 6.42. The quantitative estimate of drug-likeness (QED) is 0.853. The number of hydrogen-bond donors (Lipinski definition) is 1. The number of thiophene rings is 1. The van der Waals surface area contributed by atoms with Crippen LogP contribution in [0.5, 0.6) is 0 Å². The zero-order valence-electron chi connectivity index (χ0n) is 12.7. The second-order valence-electron chi connectivity index (χ2n) is 5.48. The van der Waals surface area contributed by atoms with Crippen LogP contribution in [0.15, 0.2) is 30.0 Å². The summed E-state index contributed by atoms with van der Waals surface area (Å²) in [6.07, 6.45) is 5.11. The molecule has 0 aromatic carbocycles. The van der Waals surface area contributed by atoms with E-state index >= 15 is 0 Å². The van der Waals surface area contributed by atoms with Crippen molar-refractivity contribution in [3.63, 3.8) is 0 Å². The summed E-state index contributed by atoms with van der Waals surface area (Å²) >= 11 is 1.65. The van der Waals surface area contributed by atoms with Gasteiger partial charge >= 0.3 is 0 Å². The number of carbonyl (C=O) groups is 1. The molecule has 0 aliphatic carbocycles. The van der Waals surface area contributed by atoms with Crippen molar-refractivity contribution >= 4 is 27.3 Å². The fourth-order valence-corrected chi connectivity index (χ4v) is 4.09. The Hall–Kier alpha value is -1.71. The molecule has 1 amide bonds. The summed E-state index contributed by atoms with van der Waals surface area (Å²) in [7, 11) is -3.35. The molecule has 9 heteroatoms. The van der Waals surface area contributed by atoms with E-state index in [9.17, 15) is 13.2 Å². The lowest BCUT2D eigenvalue weighted by molar-refractivity contribution is -0.125. The molecule has 1 aliphatic rings. The molecule has 0 bridgehead atoms. The van der Waals surface area contributed by atoms with Crippen molar-refractivity contribution in [2.45, 2.75) is 19.0 Å². The third-order valence-corrected chi connectivity index (χ3v) is 5.97. The third kappa shape index (κ3) is 3.62. The Morgan fingerprint density at radius 3 is 3.04 bits per heavy atom. The molecule has 7 nitrogen and oxygen atoms in total. The number of hydrogen-bond acceptors (Lipinski definition) is 5. The van der Waals surface area contributed by atoms with E-state index in [-0.39, 0.29) is 19.0 Å². The third-order valence-electron chi connectivity index (χ3n) is 3.82. The molecule has 0 spiro atoms. The first-order chi connectivity index (χ1) is 10.9. The number of amides is 1. The van der Waals surface area contributed by atoms with Crippen LogP contribution in [-0.4, -0.2) is 47.5 Å². The maximum atomic E-state index is 12.5. The zero-order valence-corrected chi connectivity index (χ0v) is 14.3. The minimum absolute atomic E-state index is 0.132. The molecular weight excluding hydrogens is 336 g/mol. The highest BCUT2D eigenvalue weighted by atomic mass is 32.2. The zero-order chi connectivity index (χ0) is 16.4. The predicted molar refractivity (Wildman–Crippen MR) is 87.6 cm³/mol. The monoisotopic (exact) mass is 354 g/mol. The van der Waals surface area contributed by atoms with Gasteiger partial charge < -0.3 is 9.88 Å². The van der Waals surface area contributed by atoms with Crippen LogP contribution in [-0.2, 0) is 27.8 Å². The molecule has 3 heterocycles. The summed E-state index contributed by atoms with van der Waals surface area (Å²) in [6.45, 7) is 0.906. The first kappa shape index (κ1) is 16.2. The molecule has 1 N–H and O–H groups in total.